The number of hydrogen-bond acceptors (Lipinski definition) is 3. The third kappa shape index (κ3) is 3.48. The average Bonchev–Trinajstić information content (AvgIpc) is 2.58. The van der Waals surface area contributed by atoms with E-state index in [-0.39, 0.29) is 5.41 Å². The molecule has 0 heterocycles. The Bertz CT molecular complexity index is 703. The molecule has 2 aromatic carbocycles. The van der Waals surface area contributed by atoms with Gasteiger partial charge in [-0.25, -0.2) is 5.01 Å². The first kappa shape index (κ1) is 16.2. The van der Waals surface area contributed by atoms with Gasteiger partial charge in [0.05, 0.1) is 5.69 Å². The molecule has 4 heteroatoms. The van der Waals surface area contributed by atoms with Gasteiger partial charge in [0.1, 0.15) is 0 Å². The van der Waals surface area contributed by atoms with Crippen molar-refractivity contribution in [2.75, 3.05) is 11.3 Å². The van der Waals surface area contributed by atoms with E-state index in [1.54, 1.807) is 11.8 Å². The van der Waals surface area contributed by atoms with Gasteiger partial charge >= 0.3 is 0 Å². The van der Waals surface area contributed by atoms with Crippen molar-refractivity contribution < 1.29 is 0 Å². The quantitative estimate of drug-likeness (QED) is 0.561. The number of thioether (sulfide) groups is 1. The second-order valence-corrected chi connectivity index (χ2v) is 7.50. The van der Waals surface area contributed by atoms with Gasteiger partial charge < -0.3 is 0 Å². The van der Waals surface area contributed by atoms with Crippen LogP contribution in [0.3, 0.4) is 0 Å². The average molecular weight is 341 g/mol. The van der Waals surface area contributed by atoms with E-state index in [4.69, 9.17) is 17.3 Å². The van der Waals surface area contributed by atoms with Crippen molar-refractivity contribution in [3.63, 3.8) is 0 Å². The van der Waals surface area contributed by atoms with Crippen LogP contribution in [0.2, 0.25) is 0 Å². The van der Waals surface area contributed by atoms with Crippen LogP contribution >= 0.6 is 24.0 Å². The maximum atomic E-state index is 5.48. The fraction of sp³-hybridized carbons (Fsp3) is 0.263. The predicted molar refractivity (Wildman–Crippen MR) is 105 cm³/mol. The molecule has 2 aromatic rings. The van der Waals surface area contributed by atoms with Crippen LogP contribution in [0.1, 0.15) is 25.3 Å². The van der Waals surface area contributed by atoms with Gasteiger partial charge in [0.15, 0.2) is 4.32 Å². The molecule has 1 fully saturated rings. The number of nitrogens with zero attached hydrogens (tertiary/aromatic N) is 2. The summed E-state index contributed by atoms with van der Waals surface area (Å²) in [4.78, 5) is 0. The van der Waals surface area contributed by atoms with E-state index in [9.17, 15) is 0 Å². The highest BCUT2D eigenvalue weighted by Crippen LogP contribution is 2.41. The van der Waals surface area contributed by atoms with Crippen molar-refractivity contribution in [2.45, 2.75) is 25.2 Å². The minimum Gasteiger partial charge on any atom is -0.216 e. The van der Waals surface area contributed by atoms with Gasteiger partial charge in [0.2, 0.25) is 0 Å². The second kappa shape index (κ2) is 6.85. The summed E-state index contributed by atoms with van der Waals surface area (Å²) in [6.45, 7) is 2.31. The van der Waals surface area contributed by atoms with Crippen LogP contribution in [0.4, 0.5) is 5.69 Å². The molecule has 118 valence electrons. The molecule has 0 unspecified atom stereocenters. The lowest BCUT2D eigenvalue weighted by molar-refractivity contribution is 0.443. The smallest absolute Gasteiger partial charge is 0.161 e. The number of hydrogen-bond donors (Lipinski definition) is 0. The Hall–Kier alpha value is -1.65. The minimum absolute atomic E-state index is 0.198. The highest BCUT2D eigenvalue weighted by molar-refractivity contribution is 8.22. The Morgan fingerprint density at radius 1 is 1.04 bits per heavy atom. The standard InChI is InChI=1S/C19H20N2S2/c1-19(15-9-5-3-6-10-15)13-16(14-19)20-21(18(22)23-2)17-11-7-4-8-12-17/h3-12H,13-14H2,1-2H3. The monoisotopic (exact) mass is 340 g/mol. The van der Waals surface area contributed by atoms with Crippen molar-refractivity contribution in [3.05, 3.63) is 66.2 Å². The summed E-state index contributed by atoms with van der Waals surface area (Å²) in [5.74, 6) is 0. The summed E-state index contributed by atoms with van der Waals surface area (Å²) in [7, 11) is 0. The lowest BCUT2D eigenvalue weighted by atomic mass is 9.65. The van der Waals surface area contributed by atoms with Gasteiger partial charge in [-0.2, -0.15) is 5.10 Å². The van der Waals surface area contributed by atoms with Crippen molar-refractivity contribution in [1.29, 1.82) is 0 Å². The van der Waals surface area contributed by atoms with E-state index in [1.807, 2.05) is 41.6 Å². The van der Waals surface area contributed by atoms with E-state index in [0.29, 0.717) is 0 Å². The molecule has 0 atom stereocenters. The summed E-state index contributed by atoms with van der Waals surface area (Å²) < 4.78 is 0.775. The first-order valence-electron chi connectivity index (χ1n) is 7.67. The molecule has 3 rings (SSSR count). The summed E-state index contributed by atoms with van der Waals surface area (Å²) >= 11 is 7.03. The first-order chi connectivity index (χ1) is 11.1. The zero-order valence-electron chi connectivity index (χ0n) is 13.4. The molecule has 2 nitrogen and oxygen atoms in total. The van der Waals surface area contributed by atoms with Gasteiger partial charge in [0, 0.05) is 11.1 Å². The zero-order chi connectivity index (χ0) is 16.3. The van der Waals surface area contributed by atoms with Crippen LogP contribution < -0.4 is 5.01 Å². The normalized spacial score (nSPS) is 19.8. The Labute approximate surface area is 147 Å². The number of thiocarbonyl (C=S) groups is 1. The van der Waals surface area contributed by atoms with Gasteiger partial charge in [-0.3, -0.25) is 0 Å². The van der Waals surface area contributed by atoms with Gasteiger partial charge in [-0.05, 0) is 36.8 Å². The van der Waals surface area contributed by atoms with E-state index in [0.717, 1.165) is 22.8 Å². The van der Waals surface area contributed by atoms with E-state index >= 15 is 0 Å². The van der Waals surface area contributed by atoms with E-state index < -0.39 is 0 Å². The summed E-state index contributed by atoms with van der Waals surface area (Å²) in [5, 5.41) is 6.72. The highest BCUT2D eigenvalue weighted by atomic mass is 32.2. The SMILES string of the molecule is CSC(=S)N(N=C1CC(C)(c2ccccc2)C1)c1ccccc1. The molecule has 23 heavy (non-hydrogen) atoms. The number of rotatable bonds is 3. The molecular weight excluding hydrogens is 320 g/mol. The van der Waals surface area contributed by atoms with Crippen molar-refractivity contribution >= 4 is 39.7 Å². The van der Waals surface area contributed by atoms with Crippen molar-refractivity contribution in [3.8, 4) is 0 Å². The third-order valence-electron chi connectivity index (χ3n) is 4.25. The molecule has 1 aliphatic rings. The van der Waals surface area contributed by atoms with Crippen LogP contribution in [0.5, 0.6) is 0 Å². The molecule has 1 aliphatic carbocycles. The van der Waals surface area contributed by atoms with Crippen LogP contribution in [0, 0.1) is 0 Å². The highest BCUT2D eigenvalue weighted by Gasteiger charge is 2.39. The molecular formula is C19H20N2S2. The molecule has 0 aromatic heterocycles. The zero-order valence-corrected chi connectivity index (χ0v) is 15.0. The van der Waals surface area contributed by atoms with E-state index in [2.05, 4.69) is 37.3 Å². The molecule has 0 spiro atoms. The third-order valence-corrected chi connectivity index (χ3v) is 5.44. The number of para-hydroxylation sites is 1. The molecule has 0 bridgehead atoms. The van der Waals surface area contributed by atoms with Crippen LogP contribution in [0.15, 0.2) is 65.8 Å². The first-order valence-corrected chi connectivity index (χ1v) is 9.31. The summed E-state index contributed by atoms with van der Waals surface area (Å²) in [6, 6.07) is 20.8. The minimum atomic E-state index is 0.198. The fourth-order valence-corrected chi connectivity index (χ4v) is 3.43. The van der Waals surface area contributed by atoms with Crippen molar-refractivity contribution in [1.82, 2.24) is 0 Å². The number of hydrazone groups is 1. The van der Waals surface area contributed by atoms with Crippen LogP contribution in [0.25, 0.3) is 0 Å². The molecule has 0 N–H and O–H groups in total. The topological polar surface area (TPSA) is 15.6 Å². The van der Waals surface area contributed by atoms with Crippen LogP contribution in [-0.2, 0) is 5.41 Å². The van der Waals surface area contributed by atoms with Gasteiger partial charge in [-0.15, -0.1) is 0 Å². The molecule has 1 saturated carbocycles. The number of anilines is 1. The van der Waals surface area contributed by atoms with Gasteiger partial charge in [-0.1, -0.05) is 79.4 Å². The maximum absolute atomic E-state index is 5.48. The van der Waals surface area contributed by atoms with Crippen LogP contribution in [-0.4, -0.2) is 16.3 Å². The van der Waals surface area contributed by atoms with Crippen molar-refractivity contribution in [2.24, 2.45) is 5.10 Å². The molecule has 0 saturated heterocycles. The number of benzene rings is 2. The maximum Gasteiger partial charge on any atom is 0.161 e. The molecule has 0 aliphatic heterocycles. The Balaban J connectivity index is 1.79. The van der Waals surface area contributed by atoms with E-state index in [1.165, 1.54) is 11.3 Å². The Morgan fingerprint density at radius 2 is 1.61 bits per heavy atom. The Kier molecular flexibility index (Phi) is 4.83. The Morgan fingerprint density at radius 3 is 2.17 bits per heavy atom. The molecule has 0 radical (unpaired) electrons. The molecule has 0 amide bonds. The fourth-order valence-electron chi connectivity index (χ4n) is 2.97. The lowest BCUT2D eigenvalue weighted by Crippen LogP contribution is -2.40. The van der Waals surface area contributed by atoms with Gasteiger partial charge in [0.25, 0.3) is 0 Å². The predicted octanol–water partition coefficient (Wildman–Crippen LogP) is 5.25. The second-order valence-electron chi connectivity index (χ2n) is 6.06. The summed E-state index contributed by atoms with van der Waals surface area (Å²) in [6.07, 6.45) is 3.96. The summed E-state index contributed by atoms with van der Waals surface area (Å²) in [5.41, 5.74) is 3.81. The lowest BCUT2D eigenvalue weighted by Gasteiger charge is -2.41. The largest absolute Gasteiger partial charge is 0.216 e.